The number of fused-ring (bicyclic) bond motifs is 5. The number of piperidine rings is 1. The average molecular weight is 757 g/mol. The highest BCUT2D eigenvalue weighted by Gasteiger charge is 2.77. The summed E-state index contributed by atoms with van der Waals surface area (Å²) in [6.07, 6.45) is 5.04. The minimum Gasteiger partial charge on any atom is -0.508 e. The predicted molar refractivity (Wildman–Crippen MR) is 194 cm³/mol. The monoisotopic (exact) mass is 755 g/mol. The number of benzene rings is 3. The number of likely N-dealkylation sites (tertiary alicyclic amines) is 2. The number of carbonyl (C=O) groups excluding carboxylic acids is 4. The van der Waals surface area contributed by atoms with Gasteiger partial charge >= 0.3 is 0 Å². The number of allylic oxidation sites excluding steroid dienone is 3. The Morgan fingerprint density at radius 2 is 1.62 bits per heavy atom. The van der Waals surface area contributed by atoms with Crippen LogP contribution in [0.25, 0.3) is 0 Å². The number of rotatable bonds is 5. The van der Waals surface area contributed by atoms with Gasteiger partial charge in [-0.05, 0) is 85.2 Å². The van der Waals surface area contributed by atoms with Crippen LogP contribution in [0.5, 0.6) is 11.5 Å². The van der Waals surface area contributed by atoms with Crippen molar-refractivity contribution in [2.24, 2.45) is 23.7 Å². The SMILES string of the molecule is O=C1[C@H]2[C@H](CC=C3[C@H](C4=COc5ccc(O)cc5C4)[C@]4(Cl)C(=O)N(c5ccc(F)cc5)C(=O)[C@]4(Cl)C[C@H]32)C(=O)N1C1CCN(Cc2ccccc2)CC1. The number of ether oxygens (including phenoxy) is 1. The van der Waals surface area contributed by atoms with E-state index < -0.39 is 51.1 Å². The molecule has 0 aromatic heterocycles. The fraction of sp³-hybridized carbons (Fsp3) is 0.366. The number of hydrogen-bond donors (Lipinski definition) is 1. The average Bonchev–Trinajstić information content (AvgIpc) is 3.50. The Balaban J connectivity index is 1.07. The molecule has 0 unspecified atom stereocenters. The Morgan fingerprint density at radius 3 is 2.36 bits per heavy atom. The number of aromatic hydroxyl groups is 1. The van der Waals surface area contributed by atoms with Crippen LogP contribution in [0, 0.1) is 29.5 Å². The molecule has 4 fully saturated rings. The molecule has 1 N–H and O–H groups in total. The van der Waals surface area contributed by atoms with Crippen LogP contribution in [0.3, 0.4) is 0 Å². The molecule has 0 spiro atoms. The maximum Gasteiger partial charge on any atom is 0.258 e. The van der Waals surface area contributed by atoms with Crippen LogP contribution in [0.2, 0.25) is 0 Å². The molecule has 1 saturated carbocycles. The summed E-state index contributed by atoms with van der Waals surface area (Å²) in [5.74, 6) is -5.17. The minimum atomic E-state index is -2.06. The van der Waals surface area contributed by atoms with E-state index in [1.165, 1.54) is 34.9 Å². The third-order valence-electron chi connectivity index (χ3n) is 12.2. The highest BCUT2D eigenvalue weighted by atomic mass is 35.5. The van der Waals surface area contributed by atoms with E-state index in [2.05, 4.69) is 17.0 Å². The van der Waals surface area contributed by atoms with Crippen LogP contribution in [-0.4, -0.2) is 67.4 Å². The first-order valence-electron chi connectivity index (χ1n) is 18.0. The van der Waals surface area contributed by atoms with Gasteiger partial charge in [0.15, 0.2) is 9.75 Å². The van der Waals surface area contributed by atoms with Gasteiger partial charge in [-0.1, -0.05) is 42.0 Å². The molecule has 3 saturated heterocycles. The Bertz CT molecular complexity index is 2120. The Labute approximate surface area is 315 Å². The van der Waals surface area contributed by atoms with Crippen molar-refractivity contribution in [3.05, 3.63) is 113 Å². The first-order valence-corrected chi connectivity index (χ1v) is 18.8. The van der Waals surface area contributed by atoms with E-state index in [4.69, 9.17) is 27.9 Å². The van der Waals surface area contributed by atoms with Gasteiger partial charge < -0.3 is 9.84 Å². The number of hydrogen-bond acceptors (Lipinski definition) is 7. The van der Waals surface area contributed by atoms with Crippen LogP contribution in [-0.2, 0) is 32.1 Å². The van der Waals surface area contributed by atoms with Crippen LogP contribution in [0.1, 0.15) is 36.8 Å². The summed E-state index contributed by atoms with van der Waals surface area (Å²) in [7, 11) is 0. The van der Waals surface area contributed by atoms with E-state index in [1.54, 1.807) is 12.1 Å². The number of phenols is 1. The fourth-order valence-corrected chi connectivity index (χ4v) is 10.7. The first kappa shape index (κ1) is 34.3. The molecule has 3 aromatic rings. The third kappa shape index (κ3) is 5.12. The second kappa shape index (κ2) is 12.5. The normalized spacial score (nSPS) is 31.4. The third-order valence-corrected chi connectivity index (χ3v) is 13.7. The summed E-state index contributed by atoms with van der Waals surface area (Å²) in [4.78, 5) is 58.6. The maximum absolute atomic E-state index is 14.7. The van der Waals surface area contributed by atoms with Crippen molar-refractivity contribution in [1.82, 2.24) is 9.80 Å². The van der Waals surface area contributed by atoms with Gasteiger partial charge in [0.05, 0.1) is 23.8 Å². The molecule has 6 aliphatic rings. The van der Waals surface area contributed by atoms with E-state index in [0.29, 0.717) is 35.3 Å². The number of nitrogens with zero attached hydrogens (tertiary/aromatic N) is 3. The van der Waals surface area contributed by atoms with E-state index >= 15 is 0 Å². The number of anilines is 1. The van der Waals surface area contributed by atoms with Crippen LogP contribution >= 0.6 is 23.2 Å². The van der Waals surface area contributed by atoms with Gasteiger partial charge in [0.1, 0.15) is 17.3 Å². The summed E-state index contributed by atoms with van der Waals surface area (Å²) in [6, 6.07) is 19.6. The van der Waals surface area contributed by atoms with Gasteiger partial charge in [0.2, 0.25) is 11.8 Å². The predicted octanol–water partition coefficient (Wildman–Crippen LogP) is 6.11. The summed E-state index contributed by atoms with van der Waals surface area (Å²) in [5, 5.41) is 10.3. The Kier molecular flexibility index (Phi) is 8.11. The lowest BCUT2D eigenvalue weighted by atomic mass is 9.56. The lowest BCUT2D eigenvalue weighted by Gasteiger charge is -2.51. The largest absolute Gasteiger partial charge is 0.508 e. The molecule has 272 valence electrons. The highest BCUT2D eigenvalue weighted by Crippen LogP contribution is 2.65. The van der Waals surface area contributed by atoms with Crippen LogP contribution in [0.15, 0.2) is 96.3 Å². The van der Waals surface area contributed by atoms with E-state index in [-0.39, 0.29) is 48.6 Å². The summed E-state index contributed by atoms with van der Waals surface area (Å²) >= 11 is 15.0. The number of halogens is 3. The van der Waals surface area contributed by atoms with E-state index in [9.17, 15) is 28.7 Å². The zero-order chi connectivity index (χ0) is 36.8. The quantitative estimate of drug-likeness (QED) is 0.190. The molecule has 53 heavy (non-hydrogen) atoms. The molecule has 0 bridgehead atoms. The molecule has 0 radical (unpaired) electrons. The first-order chi connectivity index (χ1) is 25.5. The van der Waals surface area contributed by atoms with Gasteiger partial charge in [-0.25, -0.2) is 9.29 Å². The van der Waals surface area contributed by atoms with Gasteiger partial charge in [-0.2, -0.15) is 0 Å². The second-order valence-electron chi connectivity index (χ2n) is 15.1. The van der Waals surface area contributed by atoms with E-state index in [0.717, 1.165) is 36.7 Å². The second-order valence-corrected chi connectivity index (χ2v) is 16.3. The molecule has 4 heterocycles. The summed E-state index contributed by atoms with van der Waals surface area (Å²) in [6.45, 7) is 2.27. The molecule has 4 aliphatic heterocycles. The van der Waals surface area contributed by atoms with Gasteiger partial charge in [-0.15, -0.1) is 23.2 Å². The number of alkyl halides is 2. The van der Waals surface area contributed by atoms with Crippen molar-refractivity contribution in [2.45, 2.75) is 54.4 Å². The maximum atomic E-state index is 14.7. The zero-order valence-electron chi connectivity index (χ0n) is 28.6. The topological polar surface area (TPSA) is 107 Å². The summed E-state index contributed by atoms with van der Waals surface area (Å²) < 4.78 is 20.0. The molecule has 4 amide bonds. The number of amides is 4. The standard InChI is InChI=1S/C41H36Cl2FN3O6/c42-40-20-32-30(11-12-31-34(32)37(50)46(36(31)49)28-14-16-45(17-15-28)21-23-4-2-1-3-5-23)35(25-18-24-19-29(48)10-13-33(24)53-22-25)41(40,43)39(52)47(38(40)51)27-8-6-26(44)7-9-27/h1-11,13,19,22,28,31-32,34-35,48H,12,14-18,20-21H2/t31-,32+,34-,35-,40+,41-/m0/s1. The molecule has 9 nitrogen and oxygen atoms in total. The van der Waals surface area contributed by atoms with Crippen molar-refractivity contribution in [1.29, 1.82) is 0 Å². The Hall–Kier alpha value is -4.51. The highest BCUT2D eigenvalue weighted by molar-refractivity contribution is 6.58. The van der Waals surface area contributed by atoms with Crippen molar-refractivity contribution in [3.8, 4) is 11.5 Å². The van der Waals surface area contributed by atoms with Gasteiger partial charge in [0.25, 0.3) is 11.8 Å². The summed E-state index contributed by atoms with van der Waals surface area (Å²) in [5.41, 5.74) is 3.17. The molecule has 6 atom stereocenters. The Morgan fingerprint density at radius 1 is 0.887 bits per heavy atom. The smallest absolute Gasteiger partial charge is 0.258 e. The molecule has 12 heteroatoms. The lowest BCUT2D eigenvalue weighted by molar-refractivity contribution is -0.144. The zero-order valence-corrected chi connectivity index (χ0v) is 30.1. The number of imide groups is 2. The van der Waals surface area contributed by atoms with Gasteiger partial charge in [-0.3, -0.25) is 29.0 Å². The molecular weight excluding hydrogens is 720 g/mol. The van der Waals surface area contributed by atoms with Crippen LogP contribution < -0.4 is 9.64 Å². The molecule has 9 rings (SSSR count). The number of carbonyl (C=O) groups is 4. The van der Waals surface area contributed by atoms with E-state index in [1.807, 2.05) is 24.3 Å². The van der Waals surface area contributed by atoms with Crippen molar-refractivity contribution < 1.29 is 33.4 Å². The minimum absolute atomic E-state index is 0.0257. The molecule has 3 aromatic carbocycles. The van der Waals surface area contributed by atoms with Gasteiger partial charge in [0, 0.05) is 43.6 Å². The fourth-order valence-electron chi connectivity index (χ4n) is 9.77. The van der Waals surface area contributed by atoms with Crippen molar-refractivity contribution >= 4 is 52.5 Å². The molecular formula is C41H36Cl2FN3O6. The van der Waals surface area contributed by atoms with Crippen molar-refractivity contribution in [2.75, 3.05) is 18.0 Å². The molecule has 2 aliphatic carbocycles. The van der Waals surface area contributed by atoms with Crippen molar-refractivity contribution in [3.63, 3.8) is 0 Å². The van der Waals surface area contributed by atoms with Crippen LogP contribution in [0.4, 0.5) is 10.1 Å². The lowest BCUT2D eigenvalue weighted by Crippen LogP contribution is -2.61. The number of phenolic OH excluding ortho intramolecular Hbond substituents is 1.